The van der Waals surface area contributed by atoms with Gasteiger partial charge in [-0.2, -0.15) is 0 Å². The van der Waals surface area contributed by atoms with Crippen molar-refractivity contribution >= 4 is 0 Å². The summed E-state index contributed by atoms with van der Waals surface area (Å²) in [6.07, 6.45) is 26.8. The van der Waals surface area contributed by atoms with Gasteiger partial charge >= 0.3 is 0 Å². The molecule has 0 heteroatoms. The highest BCUT2D eigenvalue weighted by Gasteiger charge is 1.98. The molecule has 0 radical (unpaired) electrons. The highest BCUT2D eigenvalue weighted by molar-refractivity contribution is 5.23. The molecule has 0 nitrogen and oxygen atoms in total. The van der Waals surface area contributed by atoms with Gasteiger partial charge in [0.25, 0.3) is 0 Å². The number of unbranched alkanes of at least 4 members (excludes halogenated alkanes) is 12. The lowest BCUT2D eigenvalue weighted by atomic mass is 10.0. The molecule has 0 aromatic heterocycles. The molecule has 0 bridgehead atoms. The Morgan fingerprint density at radius 1 is 0.278 bits per heavy atom. The van der Waals surface area contributed by atoms with Gasteiger partial charge in [-0.3, -0.25) is 0 Å². The van der Waals surface area contributed by atoms with Gasteiger partial charge in [0.1, 0.15) is 0 Å². The van der Waals surface area contributed by atoms with Crippen molar-refractivity contribution in [3.8, 4) is 0 Å². The Hall–Kier alpha value is -1.56. The van der Waals surface area contributed by atoms with Crippen molar-refractivity contribution in [3.05, 3.63) is 70.8 Å². The van der Waals surface area contributed by atoms with Crippen LogP contribution in [-0.2, 0) is 25.7 Å². The fourth-order valence-corrected chi connectivity index (χ4v) is 4.77. The molecule has 0 saturated carbocycles. The topological polar surface area (TPSA) is 0 Å². The number of rotatable bonds is 20. The predicted molar refractivity (Wildman–Crippen MR) is 164 cm³/mol. The van der Waals surface area contributed by atoms with Crippen molar-refractivity contribution in [1.29, 1.82) is 0 Å². The average molecular weight is 493 g/mol. The first-order valence-corrected chi connectivity index (χ1v) is 15.9. The van der Waals surface area contributed by atoms with Crippen molar-refractivity contribution in [1.82, 2.24) is 0 Å². The average Bonchev–Trinajstić information content (AvgIpc) is 2.91. The van der Waals surface area contributed by atoms with Crippen LogP contribution in [0.2, 0.25) is 0 Å². The van der Waals surface area contributed by atoms with E-state index in [4.69, 9.17) is 0 Å². The van der Waals surface area contributed by atoms with E-state index in [1.807, 2.05) is 0 Å². The normalized spacial score (nSPS) is 10.8. The lowest BCUT2D eigenvalue weighted by molar-refractivity contribution is 0.663. The Kier molecular flexibility index (Phi) is 21.5. The minimum atomic E-state index is 1.26. The SMILES string of the molecule is CCCCCCc1ccc(CCCCCC)cc1.CCCCCCc1ccc(CCCCCC)cc1. The molecule has 36 heavy (non-hydrogen) atoms. The summed E-state index contributed by atoms with van der Waals surface area (Å²) in [4.78, 5) is 0. The molecule has 0 amide bonds. The molecule has 0 atom stereocenters. The summed E-state index contributed by atoms with van der Waals surface area (Å²) < 4.78 is 0. The molecule has 0 aliphatic carbocycles. The zero-order valence-corrected chi connectivity index (χ0v) is 24.8. The van der Waals surface area contributed by atoms with Crippen LogP contribution in [0.4, 0.5) is 0 Å². The van der Waals surface area contributed by atoms with Crippen molar-refractivity contribution < 1.29 is 0 Å². The number of aryl methyl sites for hydroxylation is 4. The molecule has 0 N–H and O–H groups in total. The van der Waals surface area contributed by atoms with Crippen LogP contribution in [0.5, 0.6) is 0 Å². The Morgan fingerprint density at radius 2 is 0.472 bits per heavy atom. The van der Waals surface area contributed by atoms with E-state index < -0.39 is 0 Å². The van der Waals surface area contributed by atoms with Gasteiger partial charge in [-0.25, -0.2) is 0 Å². The zero-order valence-electron chi connectivity index (χ0n) is 24.8. The Morgan fingerprint density at radius 3 is 0.639 bits per heavy atom. The standard InChI is InChI=1S/2C18H30/c2*1-3-5-7-9-11-17-13-15-18(16-14-17)12-10-8-6-4-2/h2*13-16H,3-12H2,1-2H3. The van der Waals surface area contributed by atoms with E-state index in [1.54, 1.807) is 0 Å². The second-order valence-corrected chi connectivity index (χ2v) is 10.9. The maximum absolute atomic E-state index is 2.33. The van der Waals surface area contributed by atoms with E-state index in [-0.39, 0.29) is 0 Å². The van der Waals surface area contributed by atoms with Crippen LogP contribution < -0.4 is 0 Å². The number of hydrogen-bond donors (Lipinski definition) is 0. The van der Waals surface area contributed by atoms with Gasteiger partial charge in [-0.1, -0.05) is 153 Å². The van der Waals surface area contributed by atoms with Gasteiger partial charge in [-0.05, 0) is 73.6 Å². The zero-order chi connectivity index (χ0) is 26.1. The molecule has 0 aliphatic rings. The Bertz CT molecular complexity index is 568. The second-order valence-electron chi connectivity index (χ2n) is 10.9. The van der Waals surface area contributed by atoms with Gasteiger partial charge in [0.15, 0.2) is 0 Å². The van der Waals surface area contributed by atoms with Crippen molar-refractivity contribution in [2.75, 3.05) is 0 Å². The van der Waals surface area contributed by atoms with E-state index in [1.165, 1.54) is 151 Å². The van der Waals surface area contributed by atoms with E-state index in [0.29, 0.717) is 0 Å². The summed E-state index contributed by atoms with van der Waals surface area (Å²) in [6, 6.07) is 18.7. The number of benzene rings is 2. The lowest BCUT2D eigenvalue weighted by Crippen LogP contribution is -1.89. The van der Waals surface area contributed by atoms with E-state index in [9.17, 15) is 0 Å². The molecule has 0 fully saturated rings. The van der Waals surface area contributed by atoms with Gasteiger partial charge in [-0.15, -0.1) is 0 Å². The molecular formula is C36H60. The molecule has 0 aliphatic heterocycles. The monoisotopic (exact) mass is 492 g/mol. The minimum Gasteiger partial charge on any atom is -0.0654 e. The van der Waals surface area contributed by atoms with Crippen LogP contribution in [0.15, 0.2) is 48.5 Å². The second kappa shape index (κ2) is 23.8. The molecule has 0 spiro atoms. The third-order valence-electron chi connectivity index (χ3n) is 7.32. The lowest BCUT2D eigenvalue weighted by Gasteiger charge is -2.04. The third-order valence-corrected chi connectivity index (χ3v) is 7.32. The number of hydrogen-bond acceptors (Lipinski definition) is 0. The highest BCUT2D eigenvalue weighted by Crippen LogP contribution is 2.14. The maximum Gasteiger partial charge on any atom is -0.0279 e. The molecular weight excluding hydrogens is 432 g/mol. The summed E-state index contributed by atoms with van der Waals surface area (Å²) in [6.45, 7) is 9.08. The van der Waals surface area contributed by atoms with Crippen LogP contribution in [0.3, 0.4) is 0 Å². The molecule has 0 unspecified atom stereocenters. The quantitative estimate of drug-likeness (QED) is 0.161. The molecule has 2 rings (SSSR count). The summed E-state index contributed by atoms with van der Waals surface area (Å²) >= 11 is 0. The molecule has 2 aromatic rings. The van der Waals surface area contributed by atoms with E-state index in [2.05, 4.69) is 76.2 Å². The Balaban J connectivity index is 0.000000360. The maximum atomic E-state index is 2.33. The predicted octanol–water partition coefficient (Wildman–Crippen LogP) is 11.9. The smallest absolute Gasteiger partial charge is 0.0279 e. The third kappa shape index (κ3) is 17.8. The fraction of sp³-hybridized carbons (Fsp3) is 0.667. The van der Waals surface area contributed by atoms with Gasteiger partial charge < -0.3 is 0 Å². The van der Waals surface area contributed by atoms with Crippen molar-refractivity contribution in [2.24, 2.45) is 0 Å². The highest BCUT2D eigenvalue weighted by atomic mass is 14.0. The van der Waals surface area contributed by atoms with Gasteiger partial charge in [0.05, 0.1) is 0 Å². The van der Waals surface area contributed by atoms with Crippen LogP contribution in [0.1, 0.15) is 153 Å². The summed E-state index contributed by atoms with van der Waals surface area (Å²) in [7, 11) is 0. The van der Waals surface area contributed by atoms with Crippen LogP contribution in [0, 0.1) is 0 Å². The molecule has 0 heterocycles. The van der Waals surface area contributed by atoms with Crippen LogP contribution in [0.25, 0.3) is 0 Å². The fourth-order valence-electron chi connectivity index (χ4n) is 4.77. The minimum absolute atomic E-state index is 1.26. The summed E-state index contributed by atoms with van der Waals surface area (Å²) in [5.41, 5.74) is 6.07. The molecule has 204 valence electrons. The summed E-state index contributed by atoms with van der Waals surface area (Å²) in [5, 5.41) is 0. The summed E-state index contributed by atoms with van der Waals surface area (Å²) in [5.74, 6) is 0. The first kappa shape index (κ1) is 32.5. The molecule has 2 aromatic carbocycles. The van der Waals surface area contributed by atoms with E-state index >= 15 is 0 Å². The Labute approximate surface area is 226 Å². The van der Waals surface area contributed by atoms with Crippen LogP contribution in [-0.4, -0.2) is 0 Å². The first-order chi connectivity index (χ1) is 17.7. The van der Waals surface area contributed by atoms with Crippen LogP contribution >= 0.6 is 0 Å². The van der Waals surface area contributed by atoms with E-state index in [0.717, 1.165) is 0 Å². The van der Waals surface area contributed by atoms with Gasteiger partial charge in [0.2, 0.25) is 0 Å². The molecule has 0 saturated heterocycles. The van der Waals surface area contributed by atoms with Gasteiger partial charge in [0, 0.05) is 0 Å². The largest absolute Gasteiger partial charge is 0.0654 e. The van der Waals surface area contributed by atoms with Crippen molar-refractivity contribution in [2.45, 2.75) is 156 Å². The van der Waals surface area contributed by atoms with Crippen molar-refractivity contribution in [3.63, 3.8) is 0 Å². The first-order valence-electron chi connectivity index (χ1n) is 15.9.